The van der Waals surface area contributed by atoms with Crippen molar-refractivity contribution in [3.63, 3.8) is 0 Å². The summed E-state index contributed by atoms with van der Waals surface area (Å²) in [6.45, 7) is 1.95. The van der Waals surface area contributed by atoms with Gasteiger partial charge in [0, 0.05) is 16.0 Å². The molecule has 0 radical (unpaired) electrons. The van der Waals surface area contributed by atoms with Crippen molar-refractivity contribution in [2.45, 2.75) is 19.1 Å². The minimum atomic E-state index is -4.37. The summed E-state index contributed by atoms with van der Waals surface area (Å²) < 4.78 is 37.1. The zero-order chi connectivity index (χ0) is 13.3. The predicted octanol–water partition coefficient (Wildman–Crippen LogP) is 3.52. The third-order valence-electron chi connectivity index (χ3n) is 2.50. The molecule has 0 saturated heterocycles. The summed E-state index contributed by atoms with van der Waals surface area (Å²) in [5.74, 6) is 0. The SMILES string of the molecule is Cc1ccc(C(N)c2ccc(C(F)(F)F)cn2)s1. The van der Waals surface area contributed by atoms with Crippen LogP contribution in [0.1, 0.15) is 27.1 Å². The highest BCUT2D eigenvalue weighted by atomic mass is 32.1. The van der Waals surface area contributed by atoms with Crippen LogP contribution in [0.25, 0.3) is 0 Å². The average molecular weight is 272 g/mol. The van der Waals surface area contributed by atoms with Gasteiger partial charge in [-0.15, -0.1) is 11.3 Å². The van der Waals surface area contributed by atoms with Gasteiger partial charge in [-0.05, 0) is 31.2 Å². The van der Waals surface area contributed by atoms with Crippen molar-refractivity contribution in [1.82, 2.24) is 4.98 Å². The van der Waals surface area contributed by atoms with Crippen LogP contribution in [0.5, 0.6) is 0 Å². The Morgan fingerprint density at radius 2 is 1.94 bits per heavy atom. The molecule has 0 saturated carbocycles. The molecule has 0 aromatic carbocycles. The lowest BCUT2D eigenvalue weighted by Gasteiger charge is -2.11. The fourth-order valence-corrected chi connectivity index (χ4v) is 2.41. The van der Waals surface area contributed by atoms with E-state index in [0.29, 0.717) is 5.69 Å². The first kappa shape index (κ1) is 13.0. The quantitative estimate of drug-likeness (QED) is 0.908. The highest BCUT2D eigenvalue weighted by Gasteiger charge is 2.30. The first-order valence-corrected chi connectivity index (χ1v) is 6.04. The molecule has 0 amide bonds. The van der Waals surface area contributed by atoms with Crippen molar-refractivity contribution >= 4 is 11.3 Å². The first-order chi connectivity index (χ1) is 8.38. The van der Waals surface area contributed by atoms with Crippen LogP contribution < -0.4 is 5.73 Å². The largest absolute Gasteiger partial charge is 0.417 e. The molecule has 2 rings (SSSR count). The molecule has 2 heterocycles. The third-order valence-corrected chi connectivity index (χ3v) is 3.58. The van der Waals surface area contributed by atoms with Gasteiger partial charge >= 0.3 is 6.18 Å². The van der Waals surface area contributed by atoms with Crippen molar-refractivity contribution in [1.29, 1.82) is 0 Å². The standard InChI is InChI=1S/C12H11F3N2S/c1-7-2-5-10(18-7)11(16)9-4-3-8(6-17-9)12(13,14)15/h2-6,11H,16H2,1H3. The summed E-state index contributed by atoms with van der Waals surface area (Å²) in [5, 5.41) is 0. The van der Waals surface area contributed by atoms with Crippen LogP contribution in [0.4, 0.5) is 13.2 Å². The highest BCUT2D eigenvalue weighted by molar-refractivity contribution is 7.12. The second-order valence-electron chi connectivity index (χ2n) is 3.90. The molecule has 2 aromatic rings. The van der Waals surface area contributed by atoms with E-state index in [2.05, 4.69) is 4.98 Å². The number of nitrogens with zero attached hydrogens (tertiary/aromatic N) is 1. The van der Waals surface area contributed by atoms with Crippen LogP contribution in [0.3, 0.4) is 0 Å². The molecule has 1 unspecified atom stereocenters. The Morgan fingerprint density at radius 1 is 1.22 bits per heavy atom. The summed E-state index contributed by atoms with van der Waals surface area (Å²) in [4.78, 5) is 5.79. The fraction of sp³-hybridized carbons (Fsp3) is 0.250. The average Bonchev–Trinajstić information content (AvgIpc) is 2.74. The number of rotatable bonds is 2. The number of hydrogen-bond acceptors (Lipinski definition) is 3. The molecule has 0 spiro atoms. The van der Waals surface area contributed by atoms with E-state index in [0.717, 1.165) is 22.0 Å². The summed E-state index contributed by atoms with van der Waals surface area (Å²) in [7, 11) is 0. The lowest BCUT2D eigenvalue weighted by Crippen LogP contribution is -2.13. The zero-order valence-electron chi connectivity index (χ0n) is 9.53. The Kier molecular flexibility index (Phi) is 3.41. The van der Waals surface area contributed by atoms with Crippen molar-refractivity contribution in [2.24, 2.45) is 5.73 Å². The van der Waals surface area contributed by atoms with Gasteiger partial charge in [0.25, 0.3) is 0 Å². The van der Waals surface area contributed by atoms with Crippen LogP contribution >= 0.6 is 11.3 Å². The van der Waals surface area contributed by atoms with E-state index in [-0.39, 0.29) is 0 Å². The van der Waals surface area contributed by atoms with Gasteiger partial charge in [-0.2, -0.15) is 13.2 Å². The number of pyridine rings is 1. The molecule has 0 aliphatic carbocycles. The summed E-state index contributed by atoms with van der Waals surface area (Å²) >= 11 is 1.51. The molecule has 0 aliphatic heterocycles. The molecule has 96 valence electrons. The number of halogens is 3. The smallest absolute Gasteiger partial charge is 0.318 e. The van der Waals surface area contributed by atoms with E-state index in [1.165, 1.54) is 17.4 Å². The maximum absolute atomic E-state index is 12.4. The van der Waals surface area contributed by atoms with Crippen LogP contribution in [0, 0.1) is 6.92 Å². The van der Waals surface area contributed by atoms with Gasteiger partial charge in [-0.25, -0.2) is 0 Å². The van der Waals surface area contributed by atoms with E-state index in [9.17, 15) is 13.2 Å². The van der Waals surface area contributed by atoms with Gasteiger partial charge in [0.2, 0.25) is 0 Å². The zero-order valence-corrected chi connectivity index (χ0v) is 10.3. The number of aromatic nitrogens is 1. The number of thiophene rings is 1. The maximum atomic E-state index is 12.4. The monoisotopic (exact) mass is 272 g/mol. The lowest BCUT2D eigenvalue weighted by molar-refractivity contribution is -0.137. The molecule has 1 atom stereocenters. The van der Waals surface area contributed by atoms with Crippen molar-refractivity contribution in [3.05, 3.63) is 51.5 Å². The summed E-state index contributed by atoms with van der Waals surface area (Å²) in [5.41, 5.74) is 5.63. The Hall–Kier alpha value is -1.40. The Bertz CT molecular complexity index is 531. The molecule has 18 heavy (non-hydrogen) atoms. The second-order valence-corrected chi connectivity index (χ2v) is 5.22. The maximum Gasteiger partial charge on any atom is 0.417 e. The summed E-state index contributed by atoms with van der Waals surface area (Å²) in [6, 6.07) is 5.63. The van der Waals surface area contributed by atoms with E-state index < -0.39 is 17.8 Å². The first-order valence-electron chi connectivity index (χ1n) is 5.23. The van der Waals surface area contributed by atoms with Crippen molar-refractivity contribution in [2.75, 3.05) is 0 Å². The highest BCUT2D eigenvalue weighted by Crippen LogP contribution is 2.30. The van der Waals surface area contributed by atoms with Gasteiger partial charge < -0.3 is 5.73 Å². The van der Waals surface area contributed by atoms with Crippen LogP contribution in [0.2, 0.25) is 0 Å². The molecule has 0 aliphatic rings. The molecule has 2 aromatic heterocycles. The lowest BCUT2D eigenvalue weighted by atomic mass is 10.1. The van der Waals surface area contributed by atoms with Crippen molar-refractivity contribution in [3.8, 4) is 0 Å². The predicted molar refractivity (Wildman–Crippen MR) is 64.3 cm³/mol. The molecule has 6 heteroatoms. The van der Waals surface area contributed by atoms with Gasteiger partial charge in [-0.1, -0.05) is 0 Å². The molecular weight excluding hydrogens is 261 g/mol. The molecule has 0 bridgehead atoms. The van der Waals surface area contributed by atoms with E-state index in [4.69, 9.17) is 5.73 Å². The number of alkyl halides is 3. The molecule has 2 nitrogen and oxygen atoms in total. The third kappa shape index (κ3) is 2.70. The van der Waals surface area contributed by atoms with Crippen LogP contribution in [-0.2, 0) is 6.18 Å². The number of nitrogens with two attached hydrogens (primary N) is 1. The minimum absolute atomic E-state index is 0.435. The Balaban J connectivity index is 2.24. The van der Waals surface area contributed by atoms with Gasteiger partial charge in [0.1, 0.15) is 0 Å². The minimum Gasteiger partial charge on any atom is -0.318 e. The van der Waals surface area contributed by atoms with E-state index in [1.807, 2.05) is 19.1 Å². The molecule has 2 N–H and O–H groups in total. The van der Waals surface area contributed by atoms with Gasteiger partial charge in [0.15, 0.2) is 0 Å². The van der Waals surface area contributed by atoms with Gasteiger partial charge in [0.05, 0.1) is 17.3 Å². The van der Waals surface area contributed by atoms with E-state index in [1.54, 1.807) is 0 Å². The molecule has 0 fully saturated rings. The second kappa shape index (κ2) is 4.70. The Labute approximate surface area is 106 Å². The topological polar surface area (TPSA) is 38.9 Å². The number of hydrogen-bond donors (Lipinski definition) is 1. The number of aryl methyl sites for hydroxylation is 1. The van der Waals surface area contributed by atoms with Gasteiger partial charge in [-0.3, -0.25) is 4.98 Å². The Morgan fingerprint density at radius 3 is 2.39 bits per heavy atom. The van der Waals surface area contributed by atoms with E-state index >= 15 is 0 Å². The van der Waals surface area contributed by atoms with Crippen LogP contribution in [0.15, 0.2) is 30.5 Å². The fourth-order valence-electron chi connectivity index (χ4n) is 1.52. The molecular formula is C12H11F3N2S. The normalized spacial score (nSPS) is 13.6. The van der Waals surface area contributed by atoms with Crippen LogP contribution in [-0.4, -0.2) is 4.98 Å². The summed E-state index contributed by atoms with van der Waals surface area (Å²) in [6.07, 6.45) is -3.55. The van der Waals surface area contributed by atoms with Crippen molar-refractivity contribution < 1.29 is 13.2 Å².